The Balaban J connectivity index is 2.39. The van der Waals surface area contributed by atoms with Gasteiger partial charge in [-0.3, -0.25) is 10.1 Å². The standard InChI is InChI=1S/C14H12N2O5/c1-8-7-15-13(6-11(8)16(19)20)21-12-5-3-4-10(9(12)2)14(17)18/h3-7H,1-2H3,(H,17,18). The number of hydrogen-bond donors (Lipinski definition) is 1. The number of aromatic nitrogens is 1. The van der Waals surface area contributed by atoms with Gasteiger partial charge in [0.2, 0.25) is 5.88 Å². The minimum absolute atomic E-state index is 0.0398. The summed E-state index contributed by atoms with van der Waals surface area (Å²) in [6.45, 7) is 3.17. The highest BCUT2D eigenvalue weighted by Gasteiger charge is 2.15. The second kappa shape index (κ2) is 5.58. The highest BCUT2D eigenvalue weighted by Crippen LogP contribution is 2.29. The Kier molecular flexibility index (Phi) is 3.84. The first-order chi connectivity index (χ1) is 9.90. The number of carboxylic acid groups (broad SMARTS) is 1. The van der Waals surface area contributed by atoms with Crippen LogP contribution in [0.2, 0.25) is 0 Å². The van der Waals surface area contributed by atoms with Gasteiger partial charge in [0.1, 0.15) is 5.75 Å². The molecule has 0 unspecified atom stereocenters. The number of hydrogen-bond acceptors (Lipinski definition) is 5. The molecule has 21 heavy (non-hydrogen) atoms. The predicted molar refractivity (Wildman–Crippen MR) is 73.8 cm³/mol. The Labute approximate surface area is 120 Å². The number of aromatic carboxylic acids is 1. The SMILES string of the molecule is Cc1cnc(Oc2cccc(C(=O)O)c2C)cc1[N+](=O)[O-]. The van der Waals surface area contributed by atoms with Crippen LogP contribution in [0.1, 0.15) is 21.5 Å². The number of nitrogens with zero attached hydrogens (tertiary/aromatic N) is 2. The Morgan fingerprint density at radius 3 is 2.71 bits per heavy atom. The van der Waals surface area contributed by atoms with Crippen LogP contribution in [0.25, 0.3) is 0 Å². The summed E-state index contributed by atoms with van der Waals surface area (Å²) in [5, 5.41) is 19.9. The lowest BCUT2D eigenvalue weighted by Gasteiger charge is -2.10. The molecular formula is C14H12N2O5. The summed E-state index contributed by atoms with van der Waals surface area (Å²) in [6, 6.07) is 5.78. The van der Waals surface area contributed by atoms with Crippen molar-refractivity contribution in [1.82, 2.24) is 4.98 Å². The lowest BCUT2D eigenvalue weighted by molar-refractivity contribution is -0.385. The van der Waals surface area contributed by atoms with Crippen LogP contribution in [0.3, 0.4) is 0 Å². The third-order valence-electron chi connectivity index (χ3n) is 2.98. The van der Waals surface area contributed by atoms with Crippen LogP contribution in [0, 0.1) is 24.0 Å². The largest absolute Gasteiger partial charge is 0.478 e. The Morgan fingerprint density at radius 1 is 1.38 bits per heavy atom. The molecule has 0 saturated heterocycles. The number of benzene rings is 1. The molecule has 1 heterocycles. The second-order valence-corrected chi connectivity index (χ2v) is 4.40. The van der Waals surface area contributed by atoms with E-state index in [9.17, 15) is 14.9 Å². The summed E-state index contributed by atoms with van der Waals surface area (Å²) in [6.07, 6.45) is 1.34. The van der Waals surface area contributed by atoms with Crippen molar-refractivity contribution in [1.29, 1.82) is 0 Å². The van der Waals surface area contributed by atoms with E-state index in [1.54, 1.807) is 19.9 Å². The minimum atomic E-state index is -1.07. The van der Waals surface area contributed by atoms with E-state index in [-0.39, 0.29) is 17.1 Å². The third-order valence-corrected chi connectivity index (χ3v) is 2.98. The molecule has 2 rings (SSSR count). The zero-order valence-electron chi connectivity index (χ0n) is 11.4. The van der Waals surface area contributed by atoms with Crippen molar-refractivity contribution in [3.05, 3.63) is 57.3 Å². The molecule has 0 amide bonds. The van der Waals surface area contributed by atoms with Crippen LogP contribution < -0.4 is 4.74 Å². The van der Waals surface area contributed by atoms with Crippen molar-refractivity contribution in [3.63, 3.8) is 0 Å². The molecule has 1 N–H and O–H groups in total. The average molecular weight is 288 g/mol. The molecule has 2 aromatic rings. The lowest BCUT2D eigenvalue weighted by atomic mass is 10.1. The highest BCUT2D eigenvalue weighted by molar-refractivity contribution is 5.90. The second-order valence-electron chi connectivity index (χ2n) is 4.40. The predicted octanol–water partition coefficient (Wildman–Crippen LogP) is 3.10. The number of ether oxygens (including phenoxy) is 1. The fourth-order valence-electron chi connectivity index (χ4n) is 1.82. The van der Waals surface area contributed by atoms with Gasteiger partial charge in [-0.25, -0.2) is 9.78 Å². The monoisotopic (exact) mass is 288 g/mol. The summed E-state index contributed by atoms with van der Waals surface area (Å²) in [4.78, 5) is 25.4. The first-order valence-corrected chi connectivity index (χ1v) is 6.02. The lowest BCUT2D eigenvalue weighted by Crippen LogP contribution is -2.01. The van der Waals surface area contributed by atoms with Crippen LogP contribution in [0.4, 0.5) is 5.69 Å². The maximum absolute atomic E-state index is 11.1. The Hall–Kier alpha value is -2.96. The van der Waals surface area contributed by atoms with Gasteiger partial charge in [0.25, 0.3) is 5.69 Å². The summed E-state index contributed by atoms with van der Waals surface area (Å²) in [5.74, 6) is -0.737. The number of carbonyl (C=O) groups is 1. The molecule has 0 radical (unpaired) electrons. The number of nitro groups is 1. The molecule has 1 aromatic heterocycles. The van der Waals surface area contributed by atoms with Gasteiger partial charge >= 0.3 is 5.97 Å². The zero-order valence-corrected chi connectivity index (χ0v) is 11.4. The average Bonchev–Trinajstić information content (AvgIpc) is 2.42. The topological polar surface area (TPSA) is 103 Å². The van der Waals surface area contributed by atoms with Gasteiger partial charge in [-0.05, 0) is 26.0 Å². The van der Waals surface area contributed by atoms with Crippen molar-refractivity contribution in [2.75, 3.05) is 0 Å². The molecule has 0 saturated carbocycles. The van der Waals surface area contributed by atoms with E-state index in [0.717, 1.165) is 0 Å². The molecule has 7 nitrogen and oxygen atoms in total. The van der Waals surface area contributed by atoms with E-state index < -0.39 is 10.9 Å². The van der Waals surface area contributed by atoms with Crippen molar-refractivity contribution >= 4 is 11.7 Å². The van der Waals surface area contributed by atoms with Gasteiger partial charge in [-0.1, -0.05) is 6.07 Å². The molecule has 0 bridgehead atoms. The molecule has 7 heteroatoms. The molecule has 0 aliphatic heterocycles. The van der Waals surface area contributed by atoms with Crippen molar-refractivity contribution in [2.45, 2.75) is 13.8 Å². The van der Waals surface area contributed by atoms with Crippen molar-refractivity contribution in [3.8, 4) is 11.6 Å². The number of aryl methyl sites for hydroxylation is 1. The van der Waals surface area contributed by atoms with Gasteiger partial charge in [0.05, 0.1) is 16.6 Å². The zero-order chi connectivity index (χ0) is 15.6. The molecule has 0 aliphatic rings. The van der Waals surface area contributed by atoms with Gasteiger partial charge in [0.15, 0.2) is 0 Å². The molecule has 0 aliphatic carbocycles. The normalized spacial score (nSPS) is 10.2. The first kappa shape index (κ1) is 14.4. The first-order valence-electron chi connectivity index (χ1n) is 6.02. The molecule has 0 atom stereocenters. The van der Waals surface area contributed by atoms with Gasteiger partial charge < -0.3 is 9.84 Å². The quantitative estimate of drug-likeness (QED) is 0.685. The molecular weight excluding hydrogens is 276 g/mol. The van der Waals surface area contributed by atoms with Gasteiger partial charge in [0, 0.05) is 17.3 Å². The maximum atomic E-state index is 11.1. The number of carboxylic acids is 1. The fourth-order valence-corrected chi connectivity index (χ4v) is 1.82. The molecule has 108 valence electrons. The third kappa shape index (κ3) is 2.97. The van der Waals surface area contributed by atoms with Gasteiger partial charge in [-0.15, -0.1) is 0 Å². The summed E-state index contributed by atoms with van der Waals surface area (Å²) in [7, 11) is 0. The molecule has 1 aromatic carbocycles. The smallest absolute Gasteiger partial charge is 0.336 e. The van der Waals surface area contributed by atoms with E-state index in [0.29, 0.717) is 16.9 Å². The van der Waals surface area contributed by atoms with Crippen molar-refractivity contribution in [2.24, 2.45) is 0 Å². The fraction of sp³-hybridized carbons (Fsp3) is 0.143. The summed E-state index contributed by atoms with van der Waals surface area (Å²) in [5.41, 5.74) is 0.847. The van der Waals surface area contributed by atoms with Crippen LogP contribution in [0.15, 0.2) is 30.5 Å². The summed E-state index contributed by atoms with van der Waals surface area (Å²) >= 11 is 0. The van der Waals surface area contributed by atoms with E-state index >= 15 is 0 Å². The van der Waals surface area contributed by atoms with Crippen LogP contribution in [-0.2, 0) is 0 Å². The van der Waals surface area contributed by atoms with E-state index in [2.05, 4.69) is 4.98 Å². The van der Waals surface area contributed by atoms with Crippen molar-refractivity contribution < 1.29 is 19.6 Å². The van der Waals surface area contributed by atoms with E-state index in [4.69, 9.17) is 9.84 Å². The summed E-state index contributed by atoms with van der Waals surface area (Å²) < 4.78 is 5.47. The molecule has 0 fully saturated rings. The number of rotatable bonds is 4. The van der Waals surface area contributed by atoms with E-state index in [1.807, 2.05) is 0 Å². The van der Waals surface area contributed by atoms with E-state index in [1.165, 1.54) is 24.4 Å². The molecule has 0 spiro atoms. The number of pyridine rings is 1. The van der Waals surface area contributed by atoms with Crippen LogP contribution >= 0.6 is 0 Å². The van der Waals surface area contributed by atoms with Gasteiger partial charge in [-0.2, -0.15) is 0 Å². The van der Waals surface area contributed by atoms with Crippen LogP contribution in [-0.4, -0.2) is 21.0 Å². The minimum Gasteiger partial charge on any atom is -0.478 e. The van der Waals surface area contributed by atoms with Crippen LogP contribution in [0.5, 0.6) is 11.6 Å². The Bertz CT molecular complexity index is 727. The maximum Gasteiger partial charge on any atom is 0.336 e. The Morgan fingerprint density at radius 2 is 2.10 bits per heavy atom. The highest BCUT2D eigenvalue weighted by atomic mass is 16.6.